The smallest absolute Gasteiger partial charge is 0.251 e. The van der Waals surface area contributed by atoms with E-state index in [1.54, 1.807) is 25.2 Å². The van der Waals surface area contributed by atoms with Crippen molar-refractivity contribution in [3.63, 3.8) is 0 Å². The molecule has 3 aromatic heterocycles. The number of aromatic amines is 1. The number of amides is 1. The van der Waals surface area contributed by atoms with Gasteiger partial charge in [0.1, 0.15) is 11.8 Å². The zero-order valence-corrected chi connectivity index (χ0v) is 19.6. The molecule has 1 aliphatic rings. The molecule has 0 unspecified atom stereocenters. The van der Waals surface area contributed by atoms with E-state index in [0.29, 0.717) is 47.0 Å². The number of benzene rings is 1. The normalized spacial score (nSPS) is 14.3. The van der Waals surface area contributed by atoms with Crippen molar-refractivity contribution in [1.82, 2.24) is 24.8 Å². The average Bonchev–Trinajstić information content (AvgIpc) is 3.46. The van der Waals surface area contributed by atoms with E-state index in [2.05, 4.69) is 20.6 Å². The van der Waals surface area contributed by atoms with E-state index in [4.69, 9.17) is 26.1 Å². The lowest BCUT2D eigenvalue weighted by atomic mass is 10.1. The zero-order chi connectivity index (χ0) is 23.7. The number of anilines is 2. The van der Waals surface area contributed by atoms with Gasteiger partial charge in [-0.1, -0.05) is 11.6 Å². The van der Waals surface area contributed by atoms with Crippen LogP contribution in [0.4, 0.5) is 11.6 Å². The monoisotopic (exact) mass is 480 g/mol. The molecule has 1 aliphatic heterocycles. The highest BCUT2D eigenvalue weighted by Gasteiger charge is 2.22. The van der Waals surface area contributed by atoms with E-state index in [1.165, 1.54) is 0 Å². The number of carbonyl (C=O) groups is 1. The van der Waals surface area contributed by atoms with Gasteiger partial charge in [-0.05, 0) is 24.3 Å². The first kappa shape index (κ1) is 22.2. The van der Waals surface area contributed by atoms with Gasteiger partial charge in [-0.3, -0.25) is 4.79 Å². The molecule has 0 atom stereocenters. The van der Waals surface area contributed by atoms with Gasteiger partial charge in [-0.15, -0.1) is 0 Å². The lowest BCUT2D eigenvalue weighted by molar-refractivity contribution is 0.0244. The summed E-state index contributed by atoms with van der Waals surface area (Å²) >= 11 is 6.43. The number of ether oxygens (including phenoxy) is 2. The van der Waals surface area contributed by atoms with E-state index < -0.39 is 0 Å². The minimum Gasteiger partial charge on any atom is -0.474 e. The highest BCUT2D eigenvalue weighted by molar-refractivity contribution is 6.33. The molecule has 0 radical (unpaired) electrons. The van der Waals surface area contributed by atoms with E-state index in [1.807, 2.05) is 36.3 Å². The molecule has 1 saturated heterocycles. The van der Waals surface area contributed by atoms with Gasteiger partial charge in [0.15, 0.2) is 0 Å². The molecule has 1 aromatic carbocycles. The van der Waals surface area contributed by atoms with Gasteiger partial charge in [-0.25, -0.2) is 0 Å². The van der Waals surface area contributed by atoms with Gasteiger partial charge in [0.2, 0.25) is 11.8 Å². The first-order chi connectivity index (χ1) is 16.5. The van der Waals surface area contributed by atoms with Gasteiger partial charge < -0.3 is 29.7 Å². The Morgan fingerprint density at radius 3 is 2.79 bits per heavy atom. The number of aryl methyl sites for hydroxylation is 1. The van der Waals surface area contributed by atoms with Crippen LogP contribution in [0.25, 0.3) is 22.2 Å². The second kappa shape index (κ2) is 9.36. The molecule has 4 heterocycles. The molecule has 1 amide bonds. The van der Waals surface area contributed by atoms with Crippen molar-refractivity contribution in [3.05, 3.63) is 53.4 Å². The van der Waals surface area contributed by atoms with Gasteiger partial charge >= 0.3 is 0 Å². The fourth-order valence-electron chi connectivity index (χ4n) is 4.01. The predicted molar refractivity (Wildman–Crippen MR) is 131 cm³/mol. The number of fused-ring (bicyclic) bond motifs is 1. The third-order valence-corrected chi connectivity index (χ3v) is 6.11. The van der Waals surface area contributed by atoms with Crippen molar-refractivity contribution in [2.45, 2.75) is 18.9 Å². The van der Waals surface area contributed by atoms with Crippen LogP contribution in [0.1, 0.15) is 23.2 Å². The Kier molecular flexibility index (Phi) is 6.12. The Labute approximate surface area is 201 Å². The van der Waals surface area contributed by atoms with Crippen LogP contribution in [0.5, 0.6) is 5.88 Å². The quantitative estimate of drug-likeness (QED) is 0.380. The minimum absolute atomic E-state index is 0.00801. The van der Waals surface area contributed by atoms with Crippen LogP contribution in [0.15, 0.2) is 42.9 Å². The van der Waals surface area contributed by atoms with Crippen molar-refractivity contribution in [2.24, 2.45) is 7.05 Å². The number of H-pyrrole nitrogens is 1. The third-order valence-electron chi connectivity index (χ3n) is 5.79. The highest BCUT2D eigenvalue weighted by Crippen LogP contribution is 2.36. The predicted octanol–water partition coefficient (Wildman–Crippen LogP) is 4.28. The number of nitrogens with zero attached hydrogens (tertiary/aromatic N) is 3. The van der Waals surface area contributed by atoms with Crippen LogP contribution in [0.2, 0.25) is 5.02 Å². The van der Waals surface area contributed by atoms with E-state index in [-0.39, 0.29) is 12.0 Å². The summed E-state index contributed by atoms with van der Waals surface area (Å²) in [6.45, 7) is 1.33. The average molecular weight is 481 g/mol. The molecule has 10 heteroatoms. The second-order valence-electron chi connectivity index (χ2n) is 8.17. The van der Waals surface area contributed by atoms with Gasteiger partial charge in [0, 0.05) is 62.2 Å². The molecule has 1 fully saturated rings. The Bertz CT molecular complexity index is 1340. The van der Waals surface area contributed by atoms with Crippen molar-refractivity contribution in [3.8, 4) is 17.0 Å². The van der Waals surface area contributed by atoms with Crippen LogP contribution in [0, 0.1) is 0 Å². The summed E-state index contributed by atoms with van der Waals surface area (Å²) in [5.41, 5.74) is 3.71. The molecule has 9 nitrogen and oxygen atoms in total. The summed E-state index contributed by atoms with van der Waals surface area (Å²) in [5, 5.41) is 6.96. The van der Waals surface area contributed by atoms with Crippen LogP contribution < -0.4 is 15.4 Å². The molecule has 3 N–H and O–H groups in total. The van der Waals surface area contributed by atoms with E-state index in [9.17, 15) is 4.79 Å². The van der Waals surface area contributed by atoms with Gasteiger partial charge in [0.05, 0.1) is 29.3 Å². The number of rotatable bonds is 6. The van der Waals surface area contributed by atoms with E-state index >= 15 is 0 Å². The Morgan fingerprint density at radius 1 is 1.26 bits per heavy atom. The molecule has 0 aliphatic carbocycles. The molecular weight excluding hydrogens is 456 g/mol. The number of aromatic nitrogens is 4. The lowest BCUT2D eigenvalue weighted by Gasteiger charge is -2.23. The molecule has 0 spiro atoms. The topological polar surface area (TPSA) is 106 Å². The molecule has 0 saturated carbocycles. The SMILES string of the molecule is CNC(=O)c1ccc(Nc2nc(OC3CCOCC3)c3c(-c4ccn(C)c4)c[nH]c3n2)c(Cl)c1. The largest absolute Gasteiger partial charge is 0.474 e. The first-order valence-electron chi connectivity index (χ1n) is 11.1. The maximum atomic E-state index is 11.9. The lowest BCUT2D eigenvalue weighted by Crippen LogP contribution is -2.26. The third kappa shape index (κ3) is 4.44. The van der Waals surface area contributed by atoms with E-state index in [0.717, 1.165) is 29.4 Å². The number of carbonyl (C=O) groups excluding carboxylic acids is 1. The number of hydrogen-bond donors (Lipinski definition) is 3. The fourth-order valence-corrected chi connectivity index (χ4v) is 4.23. The van der Waals surface area contributed by atoms with Crippen molar-refractivity contribution in [1.29, 1.82) is 0 Å². The molecule has 176 valence electrons. The summed E-state index contributed by atoms with van der Waals surface area (Å²) < 4.78 is 13.9. The highest BCUT2D eigenvalue weighted by atomic mass is 35.5. The summed E-state index contributed by atoms with van der Waals surface area (Å²) in [6.07, 6.45) is 7.56. The Balaban J connectivity index is 1.53. The van der Waals surface area contributed by atoms with Crippen molar-refractivity contribution in [2.75, 3.05) is 25.6 Å². The molecule has 0 bridgehead atoms. The molecule has 5 rings (SSSR count). The summed E-state index contributed by atoms with van der Waals surface area (Å²) in [6, 6.07) is 7.06. The van der Waals surface area contributed by atoms with Crippen molar-refractivity contribution >= 4 is 40.2 Å². The maximum absolute atomic E-state index is 11.9. The van der Waals surface area contributed by atoms with Crippen LogP contribution in [0.3, 0.4) is 0 Å². The van der Waals surface area contributed by atoms with Crippen LogP contribution in [-0.2, 0) is 11.8 Å². The maximum Gasteiger partial charge on any atom is 0.251 e. The number of nitrogens with one attached hydrogen (secondary N) is 3. The first-order valence-corrected chi connectivity index (χ1v) is 11.4. The second-order valence-corrected chi connectivity index (χ2v) is 8.58. The zero-order valence-electron chi connectivity index (χ0n) is 18.9. The number of halogens is 1. The van der Waals surface area contributed by atoms with Crippen molar-refractivity contribution < 1.29 is 14.3 Å². The summed E-state index contributed by atoms with van der Waals surface area (Å²) in [4.78, 5) is 24.5. The standard InChI is InChI=1S/C24H25ClN6O3/c1-26-22(32)14-3-4-19(18(25)11-14)28-24-29-21-20(17(12-27-21)15-5-8-31(2)13-15)23(30-24)34-16-6-9-33-10-7-16/h3-5,8,11-13,16H,6-7,9-10H2,1-2H3,(H,26,32)(H2,27,28,29,30). The molecule has 34 heavy (non-hydrogen) atoms. The summed E-state index contributed by atoms with van der Waals surface area (Å²) in [7, 11) is 3.56. The Morgan fingerprint density at radius 2 is 2.09 bits per heavy atom. The van der Waals surface area contributed by atoms with Gasteiger partial charge in [0.25, 0.3) is 5.91 Å². The van der Waals surface area contributed by atoms with Crippen LogP contribution in [-0.4, -0.2) is 51.8 Å². The van der Waals surface area contributed by atoms with Crippen LogP contribution >= 0.6 is 11.6 Å². The summed E-state index contributed by atoms with van der Waals surface area (Å²) in [5.74, 6) is 0.626. The number of hydrogen-bond acceptors (Lipinski definition) is 6. The Hall–Kier alpha value is -3.56. The molecule has 4 aromatic rings. The fraction of sp³-hybridized carbons (Fsp3) is 0.292. The minimum atomic E-state index is -0.210. The van der Waals surface area contributed by atoms with Gasteiger partial charge in [-0.2, -0.15) is 9.97 Å². The molecular formula is C24H25ClN6O3.